The first kappa shape index (κ1) is 19.0. The average Bonchev–Trinajstić information content (AvgIpc) is 3.10. The molecule has 0 saturated carbocycles. The zero-order chi connectivity index (χ0) is 19.4. The minimum Gasteiger partial charge on any atom is -0.378 e. The fourth-order valence-electron chi connectivity index (χ4n) is 2.69. The van der Waals surface area contributed by atoms with E-state index in [4.69, 9.17) is 0 Å². The van der Waals surface area contributed by atoms with Gasteiger partial charge in [-0.3, -0.25) is 9.36 Å². The summed E-state index contributed by atoms with van der Waals surface area (Å²) in [6.07, 6.45) is 3.69. The van der Waals surface area contributed by atoms with Crippen molar-refractivity contribution in [1.29, 1.82) is 0 Å². The van der Waals surface area contributed by atoms with Crippen LogP contribution in [0.25, 0.3) is 5.69 Å². The lowest BCUT2D eigenvalue weighted by atomic mass is 10.2. The molecule has 0 fully saturated rings. The van der Waals surface area contributed by atoms with Gasteiger partial charge in [0.05, 0.1) is 10.9 Å². The quantitative estimate of drug-likeness (QED) is 0.645. The van der Waals surface area contributed by atoms with Crippen LogP contribution in [0.4, 0.5) is 11.4 Å². The molecule has 1 unspecified atom stereocenters. The molecule has 1 amide bonds. The van der Waals surface area contributed by atoms with Gasteiger partial charge in [-0.1, -0.05) is 30.0 Å². The van der Waals surface area contributed by atoms with Gasteiger partial charge in [0.1, 0.15) is 0 Å². The predicted octanol–water partition coefficient (Wildman–Crippen LogP) is 4.37. The number of aromatic nitrogens is 2. The molecule has 0 aliphatic heterocycles. The van der Waals surface area contributed by atoms with Crippen molar-refractivity contribution >= 4 is 29.0 Å². The Hall–Kier alpha value is -2.73. The first-order chi connectivity index (χ1) is 13.0. The van der Waals surface area contributed by atoms with E-state index in [1.165, 1.54) is 11.8 Å². The van der Waals surface area contributed by atoms with E-state index in [0.717, 1.165) is 27.8 Å². The van der Waals surface area contributed by atoms with E-state index in [2.05, 4.69) is 29.4 Å². The lowest BCUT2D eigenvalue weighted by Gasteiger charge is -2.15. The predicted molar refractivity (Wildman–Crippen MR) is 113 cm³/mol. The van der Waals surface area contributed by atoms with Crippen LogP contribution >= 0.6 is 11.8 Å². The van der Waals surface area contributed by atoms with Crippen molar-refractivity contribution < 1.29 is 4.79 Å². The van der Waals surface area contributed by atoms with Crippen LogP contribution in [-0.2, 0) is 4.79 Å². The number of hydrogen-bond donors (Lipinski definition) is 1. The van der Waals surface area contributed by atoms with Crippen molar-refractivity contribution in [2.75, 3.05) is 24.3 Å². The summed E-state index contributed by atoms with van der Waals surface area (Å²) in [6.45, 7) is 3.96. The summed E-state index contributed by atoms with van der Waals surface area (Å²) >= 11 is 1.45. The molecule has 2 aromatic carbocycles. The molecule has 6 heteroatoms. The molecular formula is C21H24N4OS. The maximum atomic E-state index is 12.6. The maximum Gasteiger partial charge on any atom is 0.237 e. The monoisotopic (exact) mass is 380 g/mol. The van der Waals surface area contributed by atoms with E-state index in [9.17, 15) is 4.79 Å². The van der Waals surface area contributed by atoms with E-state index >= 15 is 0 Å². The second kappa shape index (κ2) is 8.31. The highest BCUT2D eigenvalue weighted by molar-refractivity contribution is 8.00. The number of anilines is 2. The number of aryl methyl sites for hydroxylation is 1. The normalized spacial score (nSPS) is 11.9. The van der Waals surface area contributed by atoms with Gasteiger partial charge < -0.3 is 10.2 Å². The van der Waals surface area contributed by atoms with Gasteiger partial charge >= 0.3 is 0 Å². The molecular weight excluding hydrogens is 356 g/mol. The molecule has 0 aliphatic carbocycles. The van der Waals surface area contributed by atoms with Crippen molar-refractivity contribution in [3.63, 3.8) is 0 Å². The molecule has 1 atom stereocenters. The number of carbonyl (C=O) groups excluding carboxylic acids is 1. The first-order valence-corrected chi connectivity index (χ1v) is 9.68. The Bertz CT molecular complexity index is 918. The Morgan fingerprint density at radius 1 is 1.15 bits per heavy atom. The summed E-state index contributed by atoms with van der Waals surface area (Å²) in [5.74, 6) is -0.0445. The molecule has 0 aliphatic rings. The molecule has 0 radical (unpaired) electrons. The fourth-order valence-corrected chi connectivity index (χ4v) is 3.57. The van der Waals surface area contributed by atoms with Crippen molar-refractivity contribution in [3.05, 3.63) is 66.5 Å². The molecule has 27 heavy (non-hydrogen) atoms. The van der Waals surface area contributed by atoms with Gasteiger partial charge in [0, 0.05) is 37.9 Å². The number of amides is 1. The van der Waals surface area contributed by atoms with Gasteiger partial charge in [-0.2, -0.15) is 0 Å². The fraction of sp³-hybridized carbons (Fsp3) is 0.238. The van der Waals surface area contributed by atoms with Gasteiger partial charge in [-0.05, 0) is 49.7 Å². The van der Waals surface area contributed by atoms with Crippen LogP contribution in [0.2, 0.25) is 0 Å². The third-order valence-corrected chi connectivity index (χ3v) is 5.36. The molecule has 1 N–H and O–H groups in total. The summed E-state index contributed by atoms with van der Waals surface area (Å²) in [5, 5.41) is 3.50. The van der Waals surface area contributed by atoms with Crippen LogP contribution in [0.15, 0.2) is 66.1 Å². The van der Waals surface area contributed by atoms with Crippen molar-refractivity contribution in [3.8, 4) is 5.69 Å². The zero-order valence-electron chi connectivity index (χ0n) is 16.0. The summed E-state index contributed by atoms with van der Waals surface area (Å²) in [4.78, 5) is 19.1. The van der Waals surface area contributed by atoms with Crippen LogP contribution in [0.5, 0.6) is 0 Å². The molecule has 1 aromatic heterocycles. The zero-order valence-corrected chi connectivity index (χ0v) is 16.8. The van der Waals surface area contributed by atoms with Crippen molar-refractivity contribution in [1.82, 2.24) is 9.55 Å². The van der Waals surface area contributed by atoms with Gasteiger partial charge in [0.15, 0.2) is 5.16 Å². The van der Waals surface area contributed by atoms with E-state index in [1.807, 2.05) is 73.1 Å². The van der Waals surface area contributed by atoms with E-state index in [-0.39, 0.29) is 11.2 Å². The number of nitrogens with zero attached hydrogens (tertiary/aromatic N) is 3. The Morgan fingerprint density at radius 3 is 2.52 bits per heavy atom. The Labute approximate surface area is 164 Å². The summed E-state index contributed by atoms with van der Waals surface area (Å²) < 4.78 is 2.02. The summed E-state index contributed by atoms with van der Waals surface area (Å²) in [5.41, 5.74) is 4.12. The Morgan fingerprint density at radius 2 is 1.85 bits per heavy atom. The van der Waals surface area contributed by atoms with Crippen LogP contribution < -0.4 is 10.2 Å². The smallest absolute Gasteiger partial charge is 0.237 e. The number of rotatable bonds is 6. The number of thioether (sulfide) groups is 1. The Kier molecular flexibility index (Phi) is 5.86. The highest BCUT2D eigenvalue weighted by atomic mass is 32.2. The van der Waals surface area contributed by atoms with Crippen LogP contribution in [-0.4, -0.2) is 34.8 Å². The molecule has 140 valence electrons. The molecule has 0 spiro atoms. The third-order valence-electron chi connectivity index (χ3n) is 4.28. The number of benzene rings is 2. The third kappa shape index (κ3) is 4.52. The molecule has 5 nitrogen and oxygen atoms in total. The molecule has 3 aromatic rings. The number of carbonyl (C=O) groups is 1. The van der Waals surface area contributed by atoms with Crippen LogP contribution in [0, 0.1) is 6.92 Å². The van der Waals surface area contributed by atoms with Crippen molar-refractivity contribution in [2.24, 2.45) is 0 Å². The summed E-state index contributed by atoms with van der Waals surface area (Å²) in [7, 11) is 3.98. The second-order valence-electron chi connectivity index (χ2n) is 6.56. The number of imidazole rings is 1. The highest BCUT2D eigenvalue weighted by Crippen LogP contribution is 2.27. The van der Waals surface area contributed by atoms with E-state index in [1.54, 1.807) is 6.20 Å². The highest BCUT2D eigenvalue weighted by Gasteiger charge is 2.18. The Balaban J connectivity index is 1.69. The van der Waals surface area contributed by atoms with Gasteiger partial charge in [0.25, 0.3) is 0 Å². The van der Waals surface area contributed by atoms with Crippen LogP contribution in [0.1, 0.15) is 12.5 Å². The van der Waals surface area contributed by atoms with Gasteiger partial charge in [0.2, 0.25) is 5.91 Å². The summed E-state index contributed by atoms with van der Waals surface area (Å²) in [6, 6.07) is 15.9. The minimum absolute atomic E-state index is 0.0445. The van der Waals surface area contributed by atoms with Crippen molar-refractivity contribution in [2.45, 2.75) is 24.3 Å². The van der Waals surface area contributed by atoms with E-state index < -0.39 is 0 Å². The maximum absolute atomic E-state index is 12.6. The van der Waals surface area contributed by atoms with Gasteiger partial charge in [-0.15, -0.1) is 0 Å². The molecule has 3 rings (SSSR count). The first-order valence-electron chi connectivity index (χ1n) is 8.80. The lowest BCUT2D eigenvalue weighted by Crippen LogP contribution is -2.23. The molecule has 1 heterocycles. The minimum atomic E-state index is -0.274. The lowest BCUT2D eigenvalue weighted by molar-refractivity contribution is -0.115. The SMILES string of the molecule is Cc1ccccc1-n1ccnc1SC(C)C(=O)Nc1ccc(N(C)C)cc1. The average molecular weight is 381 g/mol. The molecule has 0 bridgehead atoms. The standard InChI is InChI=1S/C21H24N4OS/c1-15-7-5-6-8-19(15)25-14-13-22-21(25)27-16(2)20(26)23-17-9-11-18(12-10-17)24(3)4/h5-14,16H,1-4H3,(H,23,26). The van der Waals surface area contributed by atoms with Gasteiger partial charge in [-0.25, -0.2) is 4.98 Å². The number of nitrogens with one attached hydrogen (secondary N) is 1. The second-order valence-corrected chi connectivity index (χ2v) is 7.86. The molecule has 0 saturated heterocycles. The number of hydrogen-bond acceptors (Lipinski definition) is 4. The largest absolute Gasteiger partial charge is 0.378 e. The number of para-hydroxylation sites is 1. The van der Waals surface area contributed by atoms with Crippen LogP contribution in [0.3, 0.4) is 0 Å². The van der Waals surface area contributed by atoms with E-state index in [0.29, 0.717) is 0 Å². The topological polar surface area (TPSA) is 50.2 Å².